The maximum Gasteiger partial charge on any atom is 0.351 e. The third-order valence-electron chi connectivity index (χ3n) is 3.16. The second-order valence-corrected chi connectivity index (χ2v) is 10.9. The molecule has 0 saturated carbocycles. The summed E-state index contributed by atoms with van der Waals surface area (Å²) in [6, 6.07) is 1.31. The van der Waals surface area contributed by atoms with Gasteiger partial charge in [0.2, 0.25) is 0 Å². The van der Waals surface area contributed by atoms with Crippen LogP contribution in [0.1, 0.15) is 12.6 Å². The molecule has 5 unspecified atom stereocenters. The van der Waals surface area contributed by atoms with E-state index in [1.165, 1.54) is 12.3 Å². The van der Waals surface area contributed by atoms with Crippen LogP contribution in [0.25, 0.3) is 0 Å². The largest absolute Gasteiger partial charge is 0.790 e. The van der Waals surface area contributed by atoms with Crippen molar-refractivity contribution in [3.05, 3.63) is 22.7 Å². The minimum absolute atomic E-state index is 0.0335. The van der Waals surface area contributed by atoms with Gasteiger partial charge in [-0.2, -0.15) is 4.98 Å². The van der Waals surface area contributed by atoms with Gasteiger partial charge in [0.15, 0.2) is 0 Å². The van der Waals surface area contributed by atoms with Crippen molar-refractivity contribution in [2.24, 2.45) is 0 Å². The Kier molecular flexibility index (Phi) is 7.33. The smallest absolute Gasteiger partial charge is 0.351 e. The summed E-state index contributed by atoms with van der Waals surface area (Å²) >= 11 is 4.26. The highest BCUT2D eigenvalue weighted by molar-refractivity contribution is 8.07. The highest BCUT2D eigenvalue weighted by atomic mass is 32.5. The summed E-state index contributed by atoms with van der Waals surface area (Å²) in [5, 5.41) is 9.96. The summed E-state index contributed by atoms with van der Waals surface area (Å²) in [6.07, 6.45) is -2.30. The van der Waals surface area contributed by atoms with Gasteiger partial charge in [-0.15, -0.1) is 0 Å². The Hall–Kier alpha value is -0.570. The Morgan fingerprint density at radius 2 is 2.00 bits per heavy atom. The van der Waals surface area contributed by atoms with E-state index in [4.69, 9.17) is 10.5 Å². The van der Waals surface area contributed by atoms with Gasteiger partial charge in [0.1, 0.15) is 24.9 Å². The van der Waals surface area contributed by atoms with Crippen LogP contribution < -0.4 is 31.0 Å². The summed E-state index contributed by atoms with van der Waals surface area (Å²) in [5.74, 6) is -0.0335. The van der Waals surface area contributed by atoms with Crippen molar-refractivity contribution in [3.63, 3.8) is 0 Å². The van der Waals surface area contributed by atoms with Crippen molar-refractivity contribution in [1.82, 2.24) is 9.55 Å². The van der Waals surface area contributed by atoms with Crippen LogP contribution in [-0.2, 0) is 38.8 Å². The Labute approximate surface area is 161 Å². The predicted octanol–water partition coefficient (Wildman–Crippen LogP) is -3.59. The minimum Gasteiger partial charge on any atom is -0.790 e. The molecule has 19 heteroatoms. The molecular formula is C9H12N3O12P3S-4. The molecule has 1 fully saturated rings. The minimum atomic E-state index is -6.01. The molecule has 0 amide bonds. The van der Waals surface area contributed by atoms with E-state index in [0.717, 1.165) is 4.57 Å². The van der Waals surface area contributed by atoms with Crippen LogP contribution in [0.4, 0.5) is 5.82 Å². The lowest BCUT2D eigenvalue weighted by molar-refractivity contribution is -0.339. The Balaban J connectivity index is 1.98. The van der Waals surface area contributed by atoms with E-state index in [9.17, 15) is 38.6 Å². The third-order valence-corrected chi connectivity index (χ3v) is 7.74. The van der Waals surface area contributed by atoms with E-state index in [2.05, 4.69) is 29.9 Å². The van der Waals surface area contributed by atoms with Gasteiger partial charge in [-0.05, 0) is 6.07 Å². The highest BCUT2D eigenvalue weighted by Crippen LogP contribution is 2.60. The Morgan fingerprint density at radius 1 is 1.36 bits per heavy atom. The summed E-state index contributed by atoms with van der Waals surface area (Å²) in [7, 11) is -11.9. The Morgan fingerprint density at radius 3 is 2.57 bits per heavy atom. The molecule has 5 atom stereocenters. The summed E-state index contributed by atoms with van der Waals surface area (Å²) < 4.78 is 39.3. The first-order valence-corrected chi connectivity index (χ1v) is 12.5. The molecule has 0 spiro atoms. The summed E-state index contributed by atoms with van der Waals surface area (Å²) in [5.41, 5.74) is 4.59. The summed E-state index contributed by atoms with van der Waals surface area (Å²) in [6.45, 7) is -5.65. The SMILES string of the molecule is Nc1ccn(C2CC(O)C(COP([O-])(=S)OP(=O)([O-])OP(=O)([O-])[O-])O2)c(=O)n1. The zero-order chi connectivity index (χ0) is 21.3. The normalized spacial score (nSPS) is 27.2. The Bertz CT molecular complexity index is 919. The molecule has 1 aromatic heterocycles. The number of hydrogen-bond acceptors (Lipinski definition) is 15. The van der Waals surface area contributed by atoms with E-state index in [-0.39, 0.29) is 12.2 Å². The number of aliphatic hydroxyl groups excluding tert-OH is 1. The number of nitrogens with two attached hydrogens (primary N) is 1. The molecular weight excluding hydrogens is 467 g/mol. The van der Waals surface area contributed by atoms with Gasteiger partial charge >= 0.3 is 5.69 Å². The van der Waals surface area contributed by atoms with Crippen molar-refractivity contribution in [1.29, 1.82) is 0 Å². The second-order valence-electron chi connectivity index (χ2n) is 5.28. The van der Waals surface area contributed by atoms with Crippen LogP contribution in [0, 0.1) is 0 Å². The number of aliphatic hydroxyl groups is 1. The third kappa shape index (κ3) is 7.04. The quantitative estimate of drug-likeness (QED) is 0.342. The molecule has 2 heterocycles. The number of phosphoric acid groups is 2. The molecule has 2 rings (SSSR count). The first kappa shape index (κ1) is 23.7. The lowest BCUT2D eigenvalue weighted by Gasteiger charge is -2.39. The van der Waals surface area contributed by atoms with Gasteiger partial charge in [0, 0.05) is 12.6 Å². The molecule has 1 aliphatic rings. The van der Waals surface area contributed by atoms with Gasteiger partial charge in [0.25, 0.3) is 7.82 Å². The van der Waals surface area contributed by atoms with Crippen molar-refractivity contribution in [2.45, 2.75) is 24.9 Å². The van der Waals surface area contributed by atoms with Gasteiger partial charge in [-0.1, -0.05) is 11.8 Å². The fourth-order valence-electron chi connectivity index (χ4n) is 2.13. The lowest BCUT2D eigenvalue weighted by Crippen LogP contribution is -2.29. The van der Waals surface area contributed by atoms with Gasteiger partial charge in [-0.3, -0.25) is 17.8 Å². The van der Waals surface area contributed by atoms with Crippen molar-refractivity contribution in [2.75, 3.05) is 12.3 Å². The van der Waals surface area contributed by atoms with E-state index >= 15 is 0 Å². The number of aromatic nitrogens is 2. The molecule has 3 N–H and O–H groups in total. The average molecular weight is 479 g/mol. The molecule has 15 nitrogen and oxygen atoms in total. The molecule has 160 valence electrons. The van der Waals surface area contributed by atoms with E-state index in [1.807, 2.05) is 0 Å². The molecule has 1 saturated heterocycles. The van der Waals surface area contributed by atoms with Crippen LogP contribution in [0.15, 0.2) is 17.1 Å². The fraction of sp³-hybridized carbons (Fsp3) is 0.556. The van der Waals surface area contributed by atoms with Crippen LogP contribution in [0.2, 0.25) is 0 Å². The summed E-state index contributed by atoms with van der Waals surface area (Å²) in [4.78, 5) is 58.9. The molecule has 1 aromatic rings. The molecule has 1 aliphatic heterocycles. The molecule has 0 aromatic carbocycles. The lowest BCUT2D eigenvalue weighted by atomic mass is 10.2. The van der Waals surface area contributed by atoms with Crippen LogP contribution >= 0.6 is 22.4 Å². The fourth-order valence-corrected chi connectivity index (χ4v) is 5.91. The predicted molar refractivity (Wildman–Crippen MR) is 85.1 cm³/mol. The van der Waals surface area contributed by atoms with Crippen LogP contribution in [0.5, 0.6) is 0 Å². The number of nitrogens with zero attached hydrogens (tertiary/aromatic N) is 2. The molecule has 0 bridgehead atoms. The highest BCUT2D eigenvalue weighted by Gasteiger charge is 2.36. The number of nitrogen functional groups attached to an aromatic ring is 1. The first-order valence-electron chi connectivity index (χ1n) is 7.07. The van der Waals surface area contributed by atoms with Gasteiger partial charge in [0.05, 0.1) is 20.5 Å². The maximum absolute atomic E-state index is 11.8. The van der Waals surface area contributed by atoms with Crippen LogP contribution in [0.3, 0.4) is 0 Å². The topological polar surface area (TPSA) is 244 Å². The monoisotopic (exact) mass is 479 g/mol. The first-order chi connectivity index (χ1) is 12.7. The van der Waals surface area contributed by atoms with E-state index < -0.39 is 53.1 Å². The zero-order valence-corrected chi connectivity index (χ0v) is 17.0. The van der Waals surface area contributed by atoms with Crippen molar-refractivity contribution >= 4 is 40.0 Å². The maximum atomic E-state index is 11.8. The van der Waals surface area contributed by atoms with Crippen molar-refractivity contribution in [3.8, 4) is 0 Å². The van der Waals surface area contributed by atoms with Crippen LogP contribution in [-0.4, -0.2) is 33.5 Å². The van der Waals surface area contributed by atoms with Gasteiger partial charge < -0.3 is 44.2 Å². The molecule has 0 aliphatic carbocycles. The van der Waals surface area contributed by atoms with E-state index in [1.54, 1.807) is 0 Å². The standard InChI is InChI=1S/C9H16N3O12P3S/c10-7-1-2-12(9(14)11-7)8-3-5(13)6(22-8)4-21-27(20,28)24-26(18,19)23-25(15,16)17/h1-2,5-6,8,13H,3-4H2,(H,18,19)(H,20,28)(H2,10,11,14)(H2,15,16,17)/p-4. The zero-order valence-electron chi connectivity index (χ0n) is 13.5. The molecule has 0 radical (unpaired) electrons. The number of rotatable bonds is 8. The average Bonchev–Trinajstić information content (AvgIpc) is 2.82. The van der Waals surface area contributed by atoms with Crippen molar-refractivity contribution < 1.29 is 51.7 Å². The number of anilines is 1. The molecule has 28 heavy (non-hydrogen) atoms. The second kappa shape index (κ2) is 8.66. The van der Waals surface area contributed by atoms with E-state index in [0.29, 0.717) is 0 Å². The van der Waals surface area contributed by atoms with Gasteiger partial charge in [-0.25, -0.2) is 4.79 Å². The number of hydrogen-bond donors (Lipinski definition) is 2. The number of ether oxygens (including phenoxy) is 1.